The lowest BCUT2D eigenvalue weighted by atomic mass is 9.83. The van der Waals surface area contributed by atoms with Crippen molar-refractivity contribution in [3.05, 3.63) is 22.4 Å². The van der Waals surface area contributed by atoms with Gasteiger partial charge in [0.05, 0.1) is 0 Å². The number of nitrogens with one attached hydrogen (secondary N) is 1. The van der Waals surface area contributed by atoms with Gasteiger partial charge < -0.3 is 5.32 Å². The molecule has 1 aliphatic carbocycles. The fraction of sp³-hybridized carbons (Fsp3) is 0.750. The van der Waals surface area contributed by atoms with Crippen LogP contribution in [0.4, 0.5) is 0 Å². The fourth-order valence-corrected chi connectivity index (χ4v) is 3.86. The summed E-state index contributed by atoms with van der Waals surface area (Å²) in [5.41, 5.74) is 1.56. The van der Waals surface area contributed by atoms with Crippen molar-refractivity contribution < 1.29 is 0 Å². The van der Waals surface area contributed by atoms with Gasteiger partial charge in [-0.3, -0.25) is 0 Å². The Kier molecular flexibility index (Phi) is 6.22. The van der Waals surface area contributed by atoms with Gasteiger partial charge in [-0.25, -0.2) is 0 Å². The van der Waals surface area contributed by atoms with Gasteiger partial charge in [-0.15, -0.1) is 0 Å². The van der Waals surface area contributed by atoms with Crippen LogP contribution in [-0.4, -0.2) is 13.1 Å². The van der Waals surface area contributed by atoms with Crippen LogP contribution in [0.1, 0.15) is 51.0 Å². The zero-order valence-electron chi connectivity index (χ0n) is 11.7. The summed E-state index contributed by atoms with van der Waals surface area (Å²) in [6.45, 7) is 4.67. The summed E-state index contributed by atoms with van der Waals surface area (Å²) in [6.07, 6.45) is 9.77. The summed E-state index contributed by atoms with van der Waals surface area (Å²) in [6, 6.07) is 2.31. The Labute approximate surface area is 116 Å². The maximum Gasteiger partial charge on any atom is -0.00178 e. The van der Waals surface area contributed by atoms with Crippen molar-refractivity contribution in [2.75, 3.05) is 13.1 Å². The highest BCUT2D eigenvalue weighted by atomic mass is 32.1. The molecule has 1 aromatic heterocycles. The minimum absolute atomic E-state index is 0.902. The molecule has 2 unspecified atom stereocenters. The first-order valence-corrected chi connectivity index (χ1v) is 8.56. The van der Waals surface area contributed by atoms with E-state index in [1.165, 1.54) is 58.0 Å². The van der Waals surface area contributed by atoms with Crippen LogP contribution in [0.15, 0.2) is 16.8 Å². The summed E-state index contributed by atoms with van der Waals surface area (Å²) in [7, 11) is 0. The third-order valence-corrected chi connectivity index (χ3v) is 4.96. The molecule has 0 spiro atoms. The third-order valence-electron chi connectivity index (χ3n) is 4.23. The van der Waals surface area contributed by atoms with E-state index in [2.05, 4.69) is 29.1 Å². The van der Waals surface area contributed by atoms with E-state index in [1.807, 2.05) is 11.3 Å². The number of thiophene rings is 1. The molecule has 1 aliphatic rings. The third kappa shape index (κ3) is 4.40. The van der Waals surface area contributed by atoms with E-state index in [0.717, 1.165) is 11.8 Å². The molecular weight excluding hydrogens is 238 g/mol. The van der Waals surface area contributed by atoms with Crippen molar-refractivity contribution in [1.82, 2.24) is 5.32 Å². The first-order chi connectivity index (χ1) is 8.90. The smallest absolute Gasteiger partial charge is 0.00178 e. The summed E-state index contributed by atoms with van der Waals surface area (Å²) < 4.78 is 0. The number of hydrogen-bond donors (Lipinski definition) is 1. The van der Waals surface area contributed by atoms with E-state index in [9.17, 15) is 0 Å². The summed E-state index contributed by atoms with van der Waals surface area (Å²) >= 11 is 1.84. The predicted molar refractivity (Wildman–Crippen MR) is 81.2 cm³/mol. The van der Waals surface area contributed by atoms with Gasteiger partial charge in [0, 0.05) is 0 Å². The summed E-state index contributed by atoms with van der Waals surface area (Å²) in [4.78, 5) is 0. The molecule has 1 fully saturated rings. The van der Waals surface area contributed by atoms with Crippen LogP contribution >= 0.6 is 11.3 Å². The van der Waals surface area contributed by atoms with Gasteiger partial charge in [0.25, 0.3) is 0 Å². The van der Waals surface area contributed by atoms with Crippen molar-refractivity contribution in [3.8, 4) is 0 Å². The lowest BCUT2D eigenvalue weighted by Crippen LogP contribution is -2.29. The van der Waals surface area contributed by atoms with Crippen LogP contribution in [0.2, 0.25) is 0 Å². The number of hydrogen-bond acceptors (Lipinski definition) is 2. The standard InChI is InChI=1S/C16H27NS/c1-2-9-17-12-16-7-5-3-4-6-15(16)11-14-8-10-18-13-14/h8,10,13,15-17H,2-7,9,11-12H2,1H3. The highest BCUT2D eigenvalue weighted by Gasteiger charge is 2.23. The Morgan fingerprint density at radius 3 is 2.78 bits per heavy atom. The van der Waals surface area contributed by atoms with Gasteiger partial charge in [0.1, 0.15) is 0 Å². The van der Waals surface area contributed by atoms with E-state index in [1.54, 1.807) is 5.56 Å². The van der Waals surface area contributed by atoms with Gasteiger partial charge >= 0.3 is 0 Å². The van der Waals surface area contributed by atoms with Crippen molar-refractivity contribution in [2.45, 2.75) is 51.9 Å². The van der Waals surface area contributed by atoms with Crippen LogP contribution in [0.5, 0.6) is 0 Å². The van der Waals surface area contributed by atoms with Crippen molar-refractivity contribution >= 4 is 11.3 Å². The van der Waals surface area contributed by atoms with E-state index < -0.39 is 0 Å². The van der Waals surface area contributed by atoms with Crippen molar-refractivity contribution in [1.29, 1.82) is 0 Å². The Morgan fingerprint density at radius 1 is 1.22 bits per heavy atom. The molecule has 0 bridgehead atoms. The first-order valence-electron chi connectivity index (χ1n) is 7.62. The largest absolute Gasteiger partial charge is 0.316 e. The van der Waals surface area contributed by atoms with E-state index in [-0.39, 0.29) is 0 Å². The molecule has 1 saturated carbocycles. The molecule has 1 nitrogen and oxygen atoms in total. The molecule has 2 atom stereocenters. The molecule has 18 heavy (non-hydrogen) atoms. The second kappa shape index (κ2) is 7.96. The van der Waals surface area contributed by atoms with E-state index in [0.29, 0.717) is 0 Å². The molecular formula is C16H27NS. The molecule has 0 amide bonds. The molecule has 1 N–H and O–H groups in total. The van der Waals surface area contributed by atoms with Crippen LogP contribution in [0, 0.1) is 11.8 Å². The van der Waals surface area contributed by atoms with Crippen LogP contribution in [0.25, 0.3) is 0 Å². The zero-order valence-corrected chi connectivity index (χ0v) is 12.5. The summed E-state index contributed by atoms with van der Waals surface area (Å²) in [5.74, 6) is 1.81. The molecule has 2 heteroatoms. The summed E-state index contributed by atoms with van der Waals surface area (Å²) in [5, 5.41) is 8.20. The maximum atomic E-state index is 3.64. The second-order valence-electron chi connectivity index (χ2n) is 5.70. The average molecular weight is 265 g/mol. The quantitative estimate of drug-likeness (QED) is 0.590. The molecule has 102 valence electrons. The lowest BCUT2D eigenvalue weighted by molar-refractivity contribution is 0.298. The van der Waals surface area contributed by atoms with Crippen molar-refractivity contribution in [3.63, 3.8) is 0 Å². The Balaban J connectivity index is 1.89. The first kappa shape index (κ1) is 14.1. The van der Waals surface area contributed by atoms with Gasteiger partial charge in [-0.05, 0) is 73.0 Å². The van der Waals surface area contributed by atoms with Crippen LogP contribution in [-0.2, 0) is 6.42 Å². The minimum Gasteiger partial charge on any atom is -0.316 e. The van der Waals surface area contributed by atoms with Gasteiger partial charge in [-0.1, -0.05) is 26.2 Å². The zero-order chi connectivity index (χ0) is 12.6. The molecule has 0 saturated heterocycles. The normalized spacial score (nSPS) is 24.9. The maximum absolute atomic E-state index is 3.64. The molecule has 0 aliphatic heterocycles. The highest BCUT2D eigenvalue weighted by molar-refractivity contribution is 7.07. The lowest BCUT2D eigenvalue weighted by Gasteiger charge is -2.25. The van der Waals surface area contributed by atoms with E-state index >= 15 is 0 Å². The van der Waals surface area contributed by atoms with Gasteiger partial charge in [0.2, 0.25) is 0 Å². The topological polar surface area (TPSA) is 12.0 Å². The van der Waals surface area contributed by atoms with Crippen LogP contribution < -0.4 is 5.32 Å². The van der Waals surface area contributed by atoms with Gasteiger partial charge in [-0.2, -0.15) is 11.3 Å². The Morgan fingerprint density at radius 2 is 2.06 bits per heavy atom. The molecule has 1 heterocycles. The molecule has 2 rings (SSSR count). The Hall–Kier alpha value is -0.340. The SMILES string of the molecule is CCCNCC1CCCCCC1Cc1ccsc1. The predicted octanol–water partition coefficient (Wildman–Crippen LogP) is 4.49. The van der Waals surface area contributed by atoms with Crippen molar-refractivity contribution in [2.24, 2.45) is 11.8 Å². The number of rotatable bonds is 6. The monoisotopic (exact) mass is 265 g/mol. The minimum atomic E-state index is 0.902. The van der Waals surface area contributed by atoms with E-state index in [4.69, 9.17) is 0 Å². The average Bonchev–Trinajstić information content (AvgIpc) is 2.78. The Bertz CT molecular complexity index is 307. The molecule has 1 aromatic rings. The van der Waals surface area contributed by atoms with Crippen LogP contribution in [0.3, 0.4) is 0 Å². The highest BCUT2D eigenvalue weighted by Crippen LogP contribution is 2.31. The van der Waals surface area contributed by atoms with Gasteiger partial charge in [0.15, 0.2) is 0 Å². The molecule has 0 radical (unpaired) electrons. The fourth-order valence-electron chi connectivity index (χ4n) is 3.17. The second-order valence-corrected chi connectivity index (χ2v) is 6.48. The molecule has 0 aromatic carbocycles.